The summed E-state index contributed by atoms with van der Waals surface area (Å²) in [5.74, 6) is -0.404. The van der Waals surface area contributed by atoms with Gasteiger partial charge in [0.05, 0.1) is 17.0 Å². The number of nitrogens with one attached hydrogen (secondary N) is 3. The molecule has 2 rings (SSSR count). The Morgan fingerprint density at radius 3 is 2.36 bits per heavy atom. The van der Waals surface area contributed by atoms with Crippen LogP contribution in [0.15, 0.2) is 42.5 Å². The molecular formula is C19H22ClN3O4S. The van der Waals surface area contributed by atoms with Crippen molar-refractivity contribution in [1.29, 1.82) is 0 Å². The second-order valence-corrected chi connectivity index (χ2v) is 8.40. The lowest BCUT2D eigenvalue weighted by Gasteiger charge is -2.10. The first-order valence-corrected chi connectivity index (χ1v) is 10.9. The van der Waals surface area contributed by atoms with Gasteiger partial charge in [0.1, 0.15) is 0 Å². The van der Waals surface area contributed by atoms with Gasteiger partial charge in [-0.05, 0) is 42.3 Å². The van der Waals surface area contributed by atoms with E-state index in [0.29, 0.717) is 12.1 Å². The van der Waals surface area contributed by atoms with Crippen LogP contribution in [0.1, 0.15) is 35.7 Å². The Kier molecular flexibility index (Phi) is 7.42. The van der Waals surface area contributed by atoms with Gasteiger partial charge in [-0.3, -0.25) is 14.3 Å². The van der Waals surface area contributed by atoms with E-state index in [9.17, 15) is 18.0 Å². The summed E-state index contributed by atoms with van der Waals surface area (Å²) in [6.45, 7) is 2.21. The first-order chi connectivity index (χ1) is 13.2. The SMILES string of the molecule is CCCC(=O)Nc1ccc(CNC(=O)c2ccc(Cl)c(NS(C)(=O)=O)c2)cc1. The average Bonchev–Trinajstić information content (AvgIpc) is 2.62. The Hall–Kier alpha value is -2.58. The summed E-state index contributed by atoms with van der Waals surface area (Å²) in [5.41, 5.74) is 1.97. The molecule has 0 radical (unpaired) electrons. The van der Waals surface area contributed by atoms with Gasteiger partial charge in [0.15, 0.2) is 0 Å². The third-order valence-electron chi connectivity index (χ3n) is 3.69. The molecule has 2 aromatic carbocycles. The lowest BCUT2D eigenvalue weighted by atomic mass is 10.1. The quantitative estimate of drug-likeness (QED) is 0.605. The first-order valence-electron chi connectivity index (χ1n) is 8.62. The van der Waals surface area contributed by atoms with Crippen molar-refractivity contribution in [2.75, 3.05) is 16.3 Å². The summed E-state index contributed by atoms with van der Waals surface area (Å²) >= 11 is 5.96. The molecule has 0 spiro atoms. The zero-order chi connectivity index (χ0) is 20.7. The number of benzene rings is 2. The van der Waals surface area contributed by atoms with Crippen molar-refractivity contribution in [1.82, 2.24) is 5.32 Å². The fourth-order valence-electron chi connectivity index (χ4n) is 2.39. The molecule has 0 saturated carbocycles. The molecule has 0 heterocycles. The highest BCUT2D eigenvalue weighted by atomic mass is 35.5. The van der Waals surface area contributed by atoms with Crippen LogP contribution in [-0.4, -0.2) is 26.5 Å². The molecule has 0 fully saturated rings. The zero-order valence-corrected chi connectivity index (χ0v) is 17.2. The van der Waals surface area contributed by atoms with E-state index in [1.54, 1.807) is 24.3 Å². The molecule has 3 N–H and O–H groups in total. The number of hydrogen-bond acceptors (Lipinski definition) is 4. The Bertz CT molecular complexity index is 960. The molecule has 2 aromatic rings. The maximum absolute atomic E-state index is 12.3. The molecule has 7 nitrogen and oxygen atoms in total. The number of anilines is 2. The maximum Gasteiger partial charge on any atom is 0.251 e. The lowest BCUT2D eigenvalue weighted by Crippen LogP contribution is -2.23. The van der Waals surface area contributed by atoms with Crippen LogP contribution in [0.2, 0.25) is 5.02 Å². The smallest absolute Gasteiger partial charge is 0.251 e. The standard InChI is InChI=1S/C19H22ClN3O4S/c1-3-4-18(24)22-15-8-5-13(6-9-15)12-21-19(25)14-7-10-16(20)17(11-14)23-28(2,26)27/h5-11,23H,3-4,12H2,1-2H3,(H,21,25)(H,22,24). The molecule has 9 heteroatoms. The van der Waals surface area contributed by atoms with Crippen molar-refractivity contribution in [3.63, 3.8) is 0 Å². The van der Waals surface area contributed by atoms with Crippen molar-refractivity contribution in [3.8, 4) is 0 Å². The van der Waals surface area contributed by atoms with Crippen molar-refractivity contribution in [2.24, 2.45) is 0 Å². The molecular weight excluding hydrogens is 402 g/mol. The number of hydrogen-bond donors (Lipinski definition) is 3. The number of rotatable bonds is 8. The van der Waals surface area contributed by atoms with Crippen LogP contribution in [0.3, 0.4) is 0 Å². The van der Waals surface area contributed by atoms with Crippen LogP contribution >= 0.6 is 11.6 Å². The van der Waals surface area contributed by atoms with Crippen molar-refractivity contribution < 1.29 is 18.0 Å². The van der Waals surface area contributed by atoms with E-state index in [1.165, 1.54) is 18.2 Å². The zero-order valence-electron chi connectivity index (χ0n) is 15.6. The van der Waals surface area contributed by atoms with Gasteiger partial charge >= 0.3 is 0 Å². The Morgan fingerprint density at radius 2 is 1.75 bits per heavy atom. The van der Waals surface area contributed by atoms with E-state index in [1.807, 2.05) is 6.92 Å². The molecule has 0 unspecified atom stereocenters. The fourth-order valence-corrected chi connectivity index (χ4v) is 3.17. The first kappa shape index (κ1) is 21.7. The minimum absolute atomic E-state index is 0.0372. The molecule has 0 atom stereocenters. The third kappa shape index (κ3) is 6.86. The van der Waals surface area contributed by atoms with Crippen LogP contribution < -0.4 is 15.4 Å². The van der Waals surface area contributed by atoms with Crippen molar-refractivity contribution in [2.45, 2.75) is 26.3 Å². The second-order valence-electron chi connectivity index (χ2n) is 6.25. The number of halogens is 1. The maximum atomic E-state index is 12.3. The van der Waals surface area contributed by atoms with Gasteiger partial charge in [0.25, 0.3) is 5.91 Å². The van der Waals surface area contributed by atoms with E-state index in [0.717, 1.165) is 18.2 Å². The van der Waals surface area contributed by atoms with E-state index in [2.05, 4.69) is 15.4 Å². The largest absolute Gasteiger partial charge is 0.348 e. The second kappa shape index (κ2) is 9.57. The molecule has 150 valence electrons. The highest BCUT2D eigenvalue weighted by molar-refractivity contribution is 7.92. The summed E-state index contributed by atoms with van der Waals surface area (Å²) in [6, 6.07) is 11.5. The summed E-state index contributed by atoms with van der Waals surface area (Å²) in [7, 11) is -3.51. The number of sulfonamides is 1. The van der Waals surface area contributed by atoms with Crippen LogP contribution in [0.5, 0.6) is 0 Å². The van der Waals surface area contributed by atoms with Crippen LogP contribution in [0.25, 0.3) is 0 Å². The predicted molar refractivity (Wildman–Crippen MR) is 111 cm³/mol. The molecule has 0 aliphatic rings. The number of carbonyl (C=O) groups excluding carboxylic acids is 2. The molecule has 0 aliphatic heterocycles. The predicted octanol–water partition coefficient (Wildman–Crippen LogP) is 3.38. The topological polar surface area (TPSA) is 104 Å². The van der Waals surface area contributed by atoms with Gasteiger partial charge in [0, 0.05) is 24.2 Å². The van der Waals surface area contributed by atoms with Crippen LogP contribution in [0, 0.1) is 0 Å². The molecule has 0 aliphatic carbocycles. The number of carbonyl (C=O) groups is 2. The van der Waals surface area contributed by atoms with E-state index in [-0.39, 0.29) is 34.6 Å². The Morgan fingerprint density at radius 1 is 1.07 bits per heavy atom. The summed E-state index contributed by atoms with van der Waals surface area (Å²) in [4.78, 5) is 23.9. The Labute approximate surface area is 169 Å². The van der Waals surface area contributed by atoms with Gasteiger partial charge in [0.2, 0.25) is 15.9 Å². The number of amides is 2. The van der Waals surface area contributed by atoms with Gasteiger partial charge < -0.3 is 10.6 Å². The van der Waals surface area contributed by atoms with E-state index in [4.69, 9.17) is 11.6 Å². The minimum atomic E-state index is -3.51. The van der Waals surface area contributed by atoms with Crippen LogP contribution in [-0.2, 0) is 21.4 Å². The highest BCUT2D eigenvalue weighted by Gasteiger charge is 2.11. The average molecular weight is 424 g/mol. The van der Waals surface area contributed by atoms with Gasteiger partial charge in [-0.25, -0.2) is 8.42 Å². The Balaban J connectivity index is 1.98. The highest BCUT2D eigenvalue weighted by Crippen LogP contribution is 2.24. The van der Waals surface area contributed by atoms with Gasteiger partial charge in [-0.15, -0.1) is 0 Å². The summed E-state index contributed by atoms with van der Waals surface area (Å²) in [6.07, 6.45) is 2.25. The molecule has 0 aromatic heterocycles. The van der Waals surface area contributed by atoms with Crippen molar-refractivity contribution in [3.05, 3.63) is 58.6 Å². The molecule has 28 heavy (non-hydrogen) atoms. The molecule has 2 amide bonds. The summed E-state index contributed by atoms with van der Waals surface area (Å²) in [5, 5.41) is 5.75. The van der Waals surface area contributed by atoms with E-state index < -0.39 is 10.0 Å². The normalized spacial score (nSPS) is 11.0. The molecule has 0 saturated heterocycles. The van der Waals surface area contributed by atoms with Crippen LogP contribution in [0.4, 0.5) is 11.4 Å². The van der Waals surface area contributed by atoms with Gasteiger partial charge in [-0.2, -0.15) is 0 Å². The monoisotopic (exact) mass is 423 g/mol. The third-order valence-corrected chi connectivity index (χ3v) is 4.61. The summed E-state index contributed by atoms with van der Waals surface area (Å²) < 4.78 is 25.0. The van der Waals surface area contributed by atoms with Gasteiger partial charge in [-0.1, -0.05) is 30.7 Å². The fraction of sp³-hybridized carbons (Fsp3) is 0.263. The minimum Gasteiger partial charge on any atom is -0.348 e. The lowest BCUT2D eigenvalue weighted by molar-refractivity contribution is -0.116. The molecule has 0 bridgehead atoms. The van der Waals surface area contributed by atoms with Crippen molar-refractivity contribution >= 4 is 44.8 Å². The van der Waals surface area contributed by atoms with E-state index >= 15 is 0 Å².